The van der Waals surface area contributed by atoms with Crippen LogP contribution in [0.25, 0.3) is 0 Å². The number of nitrogens with zero attached hydrogens (tertiary/aromatic N) is 2. The van der Waals surface area contributed by atoms with Crippen molar-refractivity contribution < 1.29 is 22.7 Å². The topological polar surface area (TPSA) is 96.0 Å². The van der Waals surface area contributed by atoms with Gasteiger partial charge in [-0.2, -0.15) is 0 Å². The number of carbonyl (C=O) groups is 2. The molecule has 0 fully saturated rings. The molecule has 3 rings (SSSR count). The maximum atomic E-state index is 13.8. The SMILES string of the molecule is CCNC(=O)[C@@H](Cc1ccccc1)N(Cc1ccc(Cl)c(Cl)c1)C(=O)CCCN(c1ccc(OCC)cc1)S(C)(=O)=O. The van der Waals surface area contributed by atoms with Gasteiger partial charge in [0.1, 0.15) is 11.8 Å². The molecule has 0 aromatic heterocycles. The molecule has 226 valence electrons. The number of amides is 2. The molecular formula is C31H37Cl2N3O5S. The molecule has 2 amide bonds. The third-order valence-electron chi connectivity index (χ3n) is 6.55. The Labute approximate surface area is 258 Å². The molecule has 1 N–H and O–H groups in total. The van der Waals surface area contributed by atoms with Crippen molar-refractivity contribution >= 4 is 50.7 Å². The Morgan fingerprint density at radius 2 is 1.62 bits per heavy atom. The van der Waals surface area contributed by atoms with E-state index in [1.807, 2.05) is 44.2 Å². The summed E-state index contributed by atoms with van der Waals surface area (Å²) in [6, 6.07) is 20.6. The van der Waals surface area contributed by atoms with E-state index in [1.54, 1.807) is 47.4 Å². The number of likely N-dealkylation sites (N-methyl/N-ethyl adjacent to an activating group) is 1. The Kier molecular flexibility index (Phi) is 12.5. The zero-order chi connectivity index (χ0) is 30.7. The summed E-state index contributed by atoms with van der Waals surface area (Å²) < 4.78 is 32.0. The highest BCUT2D eigenvalue weighted by molar-refractivity contribution is 7.92. The van der Waals surface area contributed by atoms with Crippen molar-refractivity contribution in [1.29, 1.82) is 0 Å². The second-order valence-corrected chi connectivity index (χ2v) is 12.5. The van der Waals surface area contributed by atoms with Gasteiger partial charge in [-0.05, 0) is 67.8 Å². The molecule has 0 spiro atoms. The molecule has 0 saturated heterocycles. The van der Waals surface area contributed by atoms with E-state index in [2.05, 4.69) is 5.32 Å². The molecule has 3 aromatic rings. The molecule has 0 radical (unpaired) electrons. The van der Waals surface area contributed by atoms with Crippen LogP contribution in [0.4, 0.5) is 5.69 Å². The van der Waals surface area contributed by atoms with E-state index in [9.17, 15) is 18.0 Å². The number of nitrogens with one attached hydrogen (secondary N) is 1. The van der Waals surface area contributed by atoms with Crippen LogP contribution in [-0.4, -0.2) is 57.1 Å². The minimum absolute atomic E-state index is 0.0229. The van der Waals surface area contributed by atoms with Crippen molar-refractivity contribution in [3.8, 4) is 5.75 Å². The third kappa shape index (κ3) is 9.64. The minimum Gasteiger partial charge on any atom is -0.494 e. The van der Waals surface area contributed by atoms with Gasteiger partial charge < -0.3 is 15.0 Å². The average molecular weight is 635 g/mol. The number of anilines is 1. The number of sulfonamides is 1. The number of hydrogen-bond acceptors (Lipinski definition) is 5. The molecule has 0 saturated carbocycles. The van der Waals surface area contributed by atoms with Gasteiger partial charge in [0.05, 0.1) is 28.6 Å². The van der Waals surface area contributed by atoms with Gasteiger partial charge in [0, 0.05) is 32.5 Å². The fraction of sp³-hybridized carbons (Fsp3) is 0.355. The normalized spacial score (nSPS) is 11.9. The maximum absolute atomic E-state index is 13.8. The van der Waals surface area contributed by atoms with Crippen LogP contribution in [0.3, 0.4) is 0 Å². The Bertz CT molecular complexity index is 1440. The van der Waals surface area contributed by atoms with Crippen LogP contribution in [0.15, 0.2) is 72.8 Å². The Morgan fingerprint density at radius 1 is 0.929 bits per heavy atom. The van der Waals surface area contributed by atoms with Gasteiger partial charge in [0.2, 0.25) is 21.8 Å². The summed E-state index contributed by atoms with van der Waals surface area (Å²) in [7, 11) is -3.62. The second kappa shape index (κ2) is 15.8. The summed E-state index contributed by atoms with van der Waals surface area (Å²) in [5.41, 5.74) is 2.09. The van der Waals surface area contributed by atoms with Crippen molar-refractivity contribution in [2.45, 2.75) is 45.7 Å². The molecule has 8 nitrogen and oxygen atoms in total. The lowest BCUT2D eigenvalue weighted by Crippen LogP contribution is -2.50. The van der Waals surface area contributed by atoms with Gasteiger partial charge in [-0.1, -0.05) is 59.6 Å². The number of rotatable bonds is 15. The minimum atomic E-state index is -3.62. The highest BCUT2D eigenvalue weighted by Crippen LogP contribution is 2.26. The average Bonchev–Trinajstić information content (AvgIpc) is 2.95. The molecular weight excluding hydrogens is 597 g/mol. The summed E-state index contributed by atoms with van der Waals surface area (Å²) in [6.45, 7) is 4.81. The van der Waals surface area contributed by atoms with E-state index in [0.29, 0.717) is 46.6 Å². The zero-order valence-electron chi connectivity index (χ0n) is 24.1. The highest BCUT2D eigenvalue weighted by atomic mass is 35.5. The van der Waals surface area contributed by atoms with Crippen LogP contribution in [0.2, 0.25) is 10.0 Å². The standard InChI is InChI=1S/C31H37Cl2N3O5S/c1-4-34-31(38)29(21-23-10-7-6-8-11-23)35(22-24-13-18-27(32)28(33)20-24)30(37)12-9-19-36(42(3,39)40)25-14-16-26(17-15-25)41-5-2/h6-8,10-11,13-18,20,29H,4-5,9,12,19,21-22H2,1-3H3,(H,34,38)/t29-/m1/s1. The Hall–Kier alpha value is -3.27. The van der Waals surface area contributed by atoms with Crippen molar-refractivity contribution in [2.24, 2.45) is 0 Å². The summed E-state index contributed by atoms with van der Waals surface area (Å²) in [6.07, 6.45) is 1.70. The van der Waals surface area contributed by atoms with Gasteiger partial charge in [0.25, 0.3) is 0 Å². The number of halogens is 2. The van der Waals surface area contributed by atoms with Crippen LogP contribution < -0.4 is 14.4 Å². The predicted molar refractivity (Wildman–Crippen MR) is 169 cm³/mol. The summed E-state index contributed by atoms with van der Waals surface area (Å²) in [4.78, 5) is 28.7. The van der Waals surface area contributed by atoms with Crippen molar-refractivity contribution in [2.75, 3.05) is 30.3 Å². The lowest BCUT2D eigenvalue weighted by molar-refractivity contribution is -0.141. The van der Waals surface area contributed by atoms with E-state index in [4.69, 9.17) is 27.9 Å². The van der Waals surface area contributed by atoms with Gasteiger partial charge in [-0.25, -0.2) is 8.42 Å². The van der Waals surface area contributed by atoms with E-state index >= 15 is 0 Å². The van der Waals surface area contributed by atoms with Gasteiger partial charge in [0.15, 0.2) is 0 Å². The lowest BCUT2D eigenvalue weighted by atomic mass is 10.0. The molecule has 0 heterocycles. The van der Waals surface area contributed by atoms with Crippen LogP contribution in [0, 0.1) is 0 Å². The van der Waals surface area contributed by atoms with E-state index < -0.39 is 16.1 Å². The largest absolute Gasteiger partial charge is 0.494 e. The Morgan fingerprint density at radius 3 is 2.21 bits per heavy atom. The smallest absolute Gasteiger partial charge is 0.243 e. The van der Waals surface area contributed by atoms with E-state index in [0.717, 1.165) is 11.8 Å². The van der Waals surface area contributed by atoms with E-state index in [1.165, 1.54) is 4.31 Å². The second-order valence-electron chi connectivity index (χ2n) is 9.74. The quantitative estimate of drug-likeness (QED) is 0.231. The first kappa shape index (κ1) is 33.2. The zero-order valence-corrected chi connectivity index (χ0v) is 26.4. The first-order valence-electron chi connectivity index (χ1n) is 13.8. The molecule has 0 aliphatic rings. The molecule has 0 bridgehead atoms. The molecule has 0 unspecified atom stereocenters. The number of carbonyl (C=O) groups excluding carboxylic acids is 2. The van der Waals surface area contributed by atoms with Crippen molar-refractivity contribution in [3.05, 3.63) is 94.0 Å². The molecule has 3 aromatic carbocycles. The number of ether oxygens (including phenoxy) is 1. The van der Waals surface area contributed by atoms with Gasteiger partial charge in [-0.15, -0.1) is 0 Å². The molecule has 0 aliphatic carbocycles. The highest BCUT2D eigenvalue weighted by Gasteiger charge is 2.30. The molecule has 1 atom stereocenters. The summed E-state index contributed by atoms with van der Waals surface area (Å²) in [5, 5.41) is 3.59. The summed E-state index contributed by atoms with van der Waals surface area (Å²) in [5.74, 6) is 0.0768. The van der Waals surface area contributed by atoms with Crippen molar-refractivity contribution in [1.82, 2.24) is 10.2 Å². The van der Waals surface area contributed by atoms with Crippen LogP contribution >= 0.6 is 23.2 Å². The van der Waals surface area contributed by atoms with E-state index in [-0.39, 0.29) is 37.7 Å². The fourth-order valence-electron chi connectivity index (χ4n) is 4.56. The number of benzene rings is 3. The first-order valence-corrected chi connectivity index (χ1v) is 16.4. The molecule has 11 heteroatoms. The maximum Gasteiger partial charge on any atom is 0.243 e. The summed E-state index contributed by atoms with van der Waals surface area (Å²) >= 11 is 12.4. The lowest BCUT2D eigenvalue weighted by Gasteiger charge is -2.32. The van der Waals surface area contributed by atoms with Gasteiger partial charge in [-0.3, -0.25) is 13.9 Å². The first-order chi connectivity index (χ1) is 20.0. The fourth-order valence-corrected chi connectivity index (χ4v) is 5.85. The predicted octanol–water partition coefficient (Wildman–Crippen LogP) is 5.71. The van der Waals surface area contributed by atoms with Gasteiger partial charge >= 0.3 is 0 Å². The number of hydrogen-bond donors (Lipinski definition) is 1. The van der Waals surface area contributed by atoms with Crippen molar-refractivity contribution in [3.63, 3.8) is 0 Å². The Balaban J connectivity index is 1.86. The van der Waals surface area contributed by atoms with Crippen LogP contribution in [-0.2, 0) is 32.6 Å². The van der Waals surface area contributed by atoms with Crippen LogP contribution in [0.1, 0.15) is 37.8 Å². The monoisotopic (exact) mass is 633 g/mol. The molecule has 0 aliphatic heterocycles. The van der Waals surface area contributed by atoms with Crippen LogP contribution in [0.5, 0.6) is 5.75 Å². The third-order valence-corrected chi connectivity index (χ3v) is 8.48. The molecule has 42 heavy (non-hydrogen) atoms.